The predicted molar refractivity (Wildman–Crippen MR) is 148 cm³/mol. The van der Waals surface area contributed by atoms with E-state index in [-0.39, 0.29) is 35.8 Å². The second kappa shape index (κ2) is 12.7. The van der Waals surface area contributed by atoms with Crippen LogP contribution >= 0.6 is 0 Å². The molecule has 0 fully saturated rings. The van der Waals surface area contributed by atoms with E-state index in [2.05, 4.69) is 15.6 Å². The Morgan fingerprint density at radius 3 is 2.41 bits per heavy atom. The number of alkyl carbamates (subject to hydrolysis) is 1. The van der Waals surface area contributed by atoms with Gasteiger partial charge in [0.05, 0.1) is 30.1 Å². The van der Waals surface area contributed by atoms with E-state index < -0.39 is 35.8 Å². The number of nitrogens with one attached hydrogen (secondary N) is 2. The van der Waals surface area contributed by atoms with E-state index in [1.807, 2.05) is 37.3 Å². The second-order valence-electron chi connectivity index (χ2n) is 9.76. The Bertz CT molecular complexity index is 1520. The summed E-state index contributed by atoms with van der Waals surface area (Å²) in [6.45, 7) is 5.18. The Morgan fingerprint density at radius 2 is 1.76 bits per heavy atom. The first-order valence-corrected chi connectivity index (χ1v) is 13.0. The third kappa shape index (κ3) is 6.92. The number of aromatic nitrogens is 2. The van der Waals surface area contributed by atoms with Crippen LogP contribution in [0.5, 0.6) is 11.5 Å². The Morgan fingerprint density at radius 1 is 1.05 bits per heavy atom. The van der Waals surface area contributed by atoms with Gasteiger partial charge in [-0.15, -0.1) is 0 Å². The largest absolute Gasteiger partial charge is 0.495 e. The molecule has 0 saturated carbocycles. The third-order valence-corrected chi connectivity index (χ3v) is 6.76. The van der Waals surface area contributed by atoms with Crippen molar-refractivity contribution in [1.82, 2.24) is 20.0 Å². The number of aryl methyl sites for hydroxylation is 1. The maximum atomic E-state index is 14.1. The molecule has 9 nitrogen and oxygen atoms in total. The summed E-state index contributed by atoms with van der Waals surface area (Å²) < 4.78 is 46.2. The number of hydrogen-bond acceptors (Lipinski definition) is 6. The first kappa shape index (κ1) is 29.3. The number of amides is 2. The van der Waals surface area contributed by atoms with Crippen molar-refractivity contribution in [3.63, 3.8) is 0 Å². The summed E-state index contributed by atoms with van der Waals surface area (Å²) in [5.74, 6) is -1.40. The molecule has 0 saturated heterocycles. The number of imidazole rings is 1. The molecule has 0 radical (unpaired) electrons. The number of fused-ring (bicyclic) bond motifs is 1. The lowest BCUT2D eigenvalue weighted by molar-refractivity contribution is 0.0923. The van der Waals surface area contributed by atoms with Gasteiger partial charge >= 0.3 is 6.09 Å². The van der Waals surface area contributed by atoms with E-state index in [9.17, 15) is 18.4 Å². The van der Waals surface area contributed by atoms with E-state index in [4.69, 9.17) is 14.2 Å². The zero-order chi connectivity index (χ0) is 29.6. The van der Waals surface area contributed by atoms with Crippen LogP contribution in [0.1, 0.15) is 47.6 Å². The van der Waals surface area contributed by atoms with Crippen LogP contribution in [-0.4, -0.2) is 40.6 Å². The molecule has 2 amide bonds. The fourth-order valence-electron chi connectivity index (χ4n) is 4.14. The summed E-state index contributed by atoms with van der Waals surface area (Å²) in [6, 6.07) is 14.4. The number of methoxy groups -OCH3 is 1. The molecule has 0 aliphatic rings. The van der Waals surface area contributed by atoms with E-state index in [1.165, 1.54) is 23.6 Å². The van der Waals surface area contributed by atoms with E-state index >= 15 is 0 Å². The van der Waals surface area contributed by atoms with Crippen molar-refractivity contribution in [2.45, 2.75) is 45.9 Å². The zero-order valence-corrected chi connectivity index (χ0v) is 23.3. The van der Waals surface area contributed by atoms with Gasteiger partial charge in [-0.3, -0.25) is 9.20 Å². The molecular formula is C30H32F2N4O5. The van der Waals surface area contributed by atoms with E-state index in [0.29, 0.717) is 17.9 Å². The van der Waals surface area contributed by atoms with Gasteiger partial charge in [0.2, 0.25) is 0 Å². The smallest absolute Gasteiger partial charge is 0.407 e. The number of nitrogens with zero attached hydrogens (tertiary/aromatic N) is 2. The van der Waals surface area contributed by atoms with Crippen LogP contribution in [-0.2, 0) is 18.0 Å². The summed E-state index contributed by atoms with van der Waals surface area (Å²) in [4.78, 5) is 30.3. The highest BCUT2D eigenvalue weighted by Crippen LogP contribution is 2.29. The summed E-state index contributed by atoms with van der Waals surface area (Å²) in [6.07, 6.45) is 1.48. The number of halogens is 2. The van der Waals surface area contributed by atoms with Crippen LogP contribution in [0.2, 0.25) is 0 Å². The molecule has 41 heavy (non-hydrogen) atoms. The van der Waals surface area contributed by atoms with Gasteiger partial charge in [-0.25, -0.2) is 18.6 Å². The first-order valence-electron chi connectivity index (χ1n) is 13.0. The molecule has 216 valence electrons. The molecule has 0 bridgehead atoms. The minimum absolute atomic E-state index is 0.106. The Labute approximate surface area is 236 Å². The summed E-state index contributed by atoms with van der Waals surface area (Å²) in [7, 11) is 1.44. The summed E-state index contributed by atoms with van der Waals surface area (Å²) in [5, 5.41) is 5.70. The normalized spacial score (nSPS) is 12.4. The predicted octanol–water partition coefficient (Wildman–Crippen LogP) is 5.33. The number of ether oxygens (including phenoxy) is 3. The maximum absolute atomic E-state index is 14.1. The van der Waals surface area contributed by atoms with Crippen LogP contribution in [0, 0.1) is 18.6 Å². The van der Waals surface area contributed by atoms with Crippen molar-refractivity contribution in [3.8, 4) is 11.5 Å². The van der Waals surface area contributed by atoms with Crippen LogP contribution in [0.25, 0.3) is 5.65 Å². The van der Waals surface area contributed by atoms with Crippen LogP contribution in [0.3, 0.4) is 0 Å². The van der Waals surface area contributed by atoms with Crippen molar-refractivity contribution >= 4 is 17.6 Å². The molecule has 0 aliphatic heterocycles. The number of pyridine rings is 1. The molecular weight excluding hydrogens is 534 g/mol. The molecule has 0 aliphatic carbocycles. The van der Waals surface area contributed by atoms with Crippen molar-refractivity contribution in [3.05, 3.63) is 94.9 Å². The van der Waals surface area contributed by atoms with Crippen LogP contribution in [0.4, 0.5) is 13.6 Å². The van der Waals surface area contributed by atoms with E-state index in [0.717, 1.165) is 17.7 Å². The summed E-state index contributed by atoms with van der Waals surface area (Å²) in [5.41, 5.74) is 0.703. The lowest BCUT2D eigenvalue weighted by Gasteiger charge is -2.29. The van der Waals surface area contributed by atoms with Crippen molar-refractivity contribution in [2.24, 2.45) is 0 Å². The number of hydrogen-bond donors (Lipinski definition) is 2. The monoisotopic (exact) mass is 566 g/mol. The van der Waals surface area contributed by atoms with Crippen molar-refractivity contribution in [1.29, 1.82) is 0 Å². The standard InChI is InChI=1S/C30H32F2N4O5/c1-5-30(3,35-29(38)41-16-20-10-7-6-8-11-20)18-33-28(37)26-19(2)34-27-25(14-21(39-4)15-36(26)27)40-17-22-23(31)12-9-13-24(22)32/h6-15H,5,16-18H2,1-4H3,(H,33,37)(H,35,38). The average Bonchev–Trinajstić information content (AvgIpc) is 3.30. The number of carbonyl (C=O) groups excluding carboxylic acids is 2. The van der Waals surface area contributed by atoms with Gasteiger partial charge in [0.1, 0.15) is 36.3 Å². The van der Waals surface area contributed by atoms with Crippen molar-refractivity contribution in [2.75, 3.05) is 13.7 Å². The fraction of sp³-hybridized carbons (Fsp3) is 0.300. The number of benzene rings is 2. The molecule has 0 spiro atoms. The number of carbonyl (C=O) groups is 2. The quantitative estimate of drug-likeness (QED) is 0.254. The van der Waals surface area contributed by atoms with Gasteiger partial charge in [0.15, 0.2) is 11.4 Å². The highest BCUT2D eigenvalue weighted by molar-refractivity contribution is 5.95. The molecule has 1 atom stereocenters. The SMILES string of the molecule is CCC(C)(CNC(=O)c1c(C)nc2c(OCc3c(F)cccc3F)cc(OC)cn12)NC(=O)OCc1ccccc1. The van der Waals surface area contributed by atoms with Gasteiger partial charge < -0.3 is 24.8 Å². The summed E-state index contributed by atoms with van der Waals surface area (Å²) >= 11 is 0. The lowest BCUT2D eigenvalue weighted by Crippen LogP contribution is -2.53. The Balaban J connectivity index is 1.49. The van der Waals surface area contributed by atoms with Gasteiger partial charge in [-0.05, 0) is 38.0 Å². The van der Waals surface area contributed by atoms with Gasteiger partial charge in [-0.2, -0.15) is 0 Å². The van der Waals surface area contributed by atoms with E-state index in [1.54, 1.807) is 20.0 Å². The van der Waals surface area contributed by atoms with Gasteiger partial charge in [0, 0.05) is 12.6 Å². The molecule has 2 aromatic carbocycles. The highest BCUT2D eigenvalue weighted by Gasteiger charge is 2.28. The van der Waals surface area contributed by atoms with Gasteiger partial charge in [-0.1, -0.05) is 43.3 Å². The maximum Gasteiger partial charge on any atom is 0.407 e. The lowest BCUT2D eigenvalue weighted by atomic mass is 9.99. The second-order valence-corrected chi connectivity index (χ2v) is 9.76. The van der Waals surface area contributed by atoms with Crippen LogP contribution < -0.4 is 20.1 Å². The van der Waals surface area contributed by atoms with Gasteiger partial charge in [0.25, 0.3) is 5.91 Å². The molecule has 2 N–H and O–H groups in total. The zero-order valence-electron chi connectivity index (χ0n) is 23.3. The topological polar surface area (TPSA) is 103 Å². The van der Waals surface area contributed by atoms with Crippen LogP contribution in [0.15, 0.2) is 60.8 Å². The Kier molecular flexibility index (Phi) is 9.06. The minimum atomic E-state index is -0.798. The Hall–Kier alpha value is -4.67. The molecule has 2 aromatic heterocycles. The first-order chi connectivity index (χ1) is 19.6. The fourth-order valence-corrected chi connectivity index (χ4v) is 4.14. The molecule has 4 aromatic rings. The molecule has 4 rings (SSSR count). The number of rotatable bonds is 11. The average molecular weight is 567 g/mol. The highest BCUT2D eigenvalue weighted by atomic mass is 19.1. The van der Waals surface area contributed by atoms with Crippen molar-refractivity contribution < 1.29 is 32.6 Å². The molecule has 11 heteroatoms. The third-order valence-electron chi connectivity index (χ3n) is 6.76. The minimum Gasteiger partial charge on any atom is -0.495 e. The molecule has 1 unspecified atom stereocenters. The molecule has 2 heterocycles.